The van der Waals surface area contributed by atoms with E-state index in [-0.39, 0.29) is 62.6 Å². The molecular weight excluding hydrogens is 1260 g/mol. The van der Waals surface area contributed by atoms with Gasteiger partial charge in [-0.1, -0.05) is 43.9 Å². The zero-order valence-corrected chi connectivity index (χ0v) is 55.1. The van der Waals surface area contributed by atoms with E-state index in [4.69, 9.17) is 71.1 Å². The Hall–Kier alpha value is -5.83. The van der Waals surface area contributed by atoms with Crippen LogP contribution in [0.15, 0.2) is 96.6 Å². The number of aliphatic hydroxyl groups excluding tert-OH is 2. The van der Waals surface area contributed by atoms with Crippen molar-refractivity contribution in [3.63, 3.8) is 0 Å². The van der Waals surface area contributed by atoms with E-state index < -0.39 is 82.8 Å². The third kappa shape index (κ3) is 20.2. The second-order valence-corrected chi connectivity index (χ2v) is 24.3. The molecule has 4 N–H and O–H groups in total. The standard InChI is InChI=1S/C69H95F2N3O22/c1-49-14-17-66(2)56(44-49)57(70)45-55-54-46-60-69(59(77)48-75,67(54,3)47-58(76)68(55,66)71)96-65(95-60)50-4-8-52(9-5-50)94-53-10-6-51(7-11-53)73-62(79)16-20-82-22-24-84-26-28-86-30-32-88-34-36-90-38-40-92-42-43-93-41-39-91-37-35-89-33-31-87-29-27-85-25-23-83-21-18-72-61(78)15-19-74-63(80)12-13-64(74)81/h4-14,17,44,54-55,57-58,60,65,75-76H,1,15-16,18-43,45-48H2,2-3H3,(H,72,78)(H,73,79)/t54-,55-,57-,58-,60+,65+,66-,67-,68-,69+/m0/s1. The van der Waals surface area contributed by atoms with Crippen LogP contribution in [0.4, 0.5) is 14.5 Å². The van der Waals surface area contributed by atoms with Crippen LogP contribution in [0, 0.1) is 22.7 Å². The number of ether oxygens (including phenoxy) is 15. The van der Waals surface area contributed by atoms with Gasteiger partial charge in [0.15, 0.2) is 23.3 Å². The number of fused-ring (bicyclic) bond motifs is 7. The summed E-state index contributed by atoms with van der Waals surface area (Å²) < 4.78 is 119. The molecule has 3 saturated carbocycles. The molecule has 4 aliphatic carbocycles. The summed E-state index contributed by atoms with van der Waals surface area (Å²) in [6, 6.07) is 13.8. The molecule has 4 amide bonds. The average molecular weight is 1360 g/mol. The number of Topliss-reactive ketones (excluding diaryl/α,β-unsaturated/α-hetero) is 1. The smallest absolute Gasteiger partial charge is 0.253 e. The Morgan fingerprint density at radius 2 is 1.07 bits per heavy atom. The number of nitrogens with zero attached hydrogens (tertiary/aromatic N) is 1. The van der Waals surface area contributed by atoms with E-state index >= 15 is 8.78 Å². The number of hydrogen-bond donors (Lipinski definition) is 4. The van der Waals surface area contributed by atoms with Crippen LogP contribution in [0.25, 0.3) is 0 Å². The van der Waals surface area contributed by atoms with Crippen LogP contribution in [-0.4, -0.2) is 252 Å². The maximum absolute atomic E-state index is 17.8. The molecule has 2 heterocycles. The van der Waals surface area contributed by atoms with E-state index in [9.17, 15) is 34.2 Å². The molecule has 0 aromatic heterocycles. The van der Waals surface area contributed by atoms with Crippen molar-refractivity contribution >= 4 is 35.1 Å². The van der Waals surface area contributed by atoms with Gasteiger partial charge in [-0.3, -0.25) is 28.9 Å². The number of carbonyl (C=O) groups is 5. The van der Waals surface area contributed by atoms with Crippen LogP contribution in [0.3, 0.4) is 0 Å². The number of imide groups is 1. The first-order chi connectivity index (χ1) is 46.5. The fourth-order valence-corrected chi connectivity index (χ4v) is 13.3. The van der Waals surface area contributed by atoms with E-state index in [1.165, 1.54) is 12.2 Å². The number of allylic oxidation sites excluding steroid dienone is 5. The predicted octanol–water partition coefficient (Wildman–Crippen LogP) is 5.07. The largest absolute Gasteiger partial charge is 0.457 e. The summed E-state index contributed by atoms with van der Waals surface area (Å²) in [7, 11) is 0. The number of alkyl halides is 2. The first kappa shape index (κ1) is 75.9. The average Bonchev–Trinajstić information content (AvgIpc) is 1.46. The number of rotatable bonds is 48. The summed E-state index contributed by atoms with van der Waals surface area (Å²) in [4.78, 5) is 62.5. The lowest BCUT2D eigenvalue weighted by Crippen LogP contribution is -2.70. The second-order valence-electron chi connectivity index (χ2n) is 24.3. The van der Waals surface area contributed by atoms with Crippen molar-refractivity contribution in [2.75, 3.05) is 184 Å². The zero-order chi connectivity index (χ0) is 68.2. The third-order valence-electron chi connectivity index (χ3n) is 18.1. The van der Waals surface area contributed by atoms with Crippen LogP contribution in [0.5, 0.6) is 11.5 Å². The normalized spacial score (nSPS) is 26.4. The van der Waals surface area contributed by atoms with Crippen LogP contribution in [0.1, 0.15) is 57.8 Å². The number of amides is 4. The molecule has 6 aliphatic rings. The minimum absolute atomic E-state index is 0.0365. The Morgan fingerprint density at radius 1 is 0.615 bits per heavy atom. The second kappa shape index (κ2) is 38.5. The van der Waals surface area contributed by atoms with Crippen molar-refractivity contribution in [2.45, 2.75) is 81.9 Å². The van der Waals surface area contributed by atoms with E-state index in [2.05, 4.69) is 17.2 Å². The molecule has 0 spiro atoms. The Labute approximate surface area is 559 Å². The summed E-state index contributed by atoms with van der Waals surface area (Å²) in [5.41, 5.74) is -4.63. The molecule has 25 nitrogen and oxygen atoms in total. The molecule has 4 fully saturated rings. The van der Waals surface area contributed by atoms with Crippen molar-refractivity contribution in [1.29, 1.82) is 0 Å². The molecule has 0 radical (unpaired) electrons. The van der Waals surface area contributed by atoms with Gasteiger partial charge >= 0.3 is 0 Å². The number of aliphatic hydroxyl groups is 2. The monoisotopic (exact) mass is 1360 g/mol. The number of ketones is 1. The Balaban J connectivity index is 0.543. The lowest BCUT2D eigenvalue weighted by Gasteiger charge is -2.63. The lowest BCUT2D eigenvalue weighted by atomic mass is 9.44. The fourth-order valence-electron chi connectivity index (χ4n) is 13.3. The van der Waals surface area contributed by atoms with Crippen LogP contribution >= 0.6 is 0 Å². The Kier molecular flexibility index (Phi) is 30.5. The molecule has 532 valence electrons. The van der Waals surface area contributed by atoms with Gasteiger partial charge in [-0.25, -0.2) is 8.78 Å². The van der Waals surface area contributed by atoms with Crippen molar-refractivity contribution in [3.8, 4) is 11.5 Å². The topological polar surface area (TPSA) is 292 Å². The van der Waals surface area contributed by atoms with Gasteiger partial charge in [0.1, 0.15) is 24.3 Å². The number of halogens is 2. The molecule has 2 aromatic carbocycles. The number of nitrogens with one attached hydrogen (secondary N) is 2. The number of benzene rings is 2. The fraction of sp³-hybridized carbons (Fsp3) is 0.638. The predicted molar refractivity (Wildman–Crippen MR) is 341 cm³/mol. The molecule has 96 heavy (non-hydrogen) atoms. The number of hydrogen-bond acceptors (Lipinski definition) is 22. The molecule has 2 aromatic rings. The van der Waals surface area contributed by atoms with Gasteiger partial charge < -0.3 is 91.9 Å². The lowest BCUT2D eigenvalue weighted by molar-refractivity contribution is -0.235. The van der Waals surface area contributed by atoms with Gasteiger partial charge in [-0.05, 0) is 79.6 Å². The molecule has 2 aliphatic heterocycles. The quantitative estimate of drug-likeness (QED) is 0.0497. The van der Waals surface area contributed by atoms with Crippen LogP contribution in [0.2, 0.25) is 0 Å². The van der Waals surface area contributed by atoms with Crippen molar-refractivity contribution < 1.29 is 114 Å². The van der Waals surface area contributed by atoms with Crippen molar-refractivity contribution in [1.82, 2.24) is 10.2 Å². The van der Waals surface area contributed by atoms with Gasteiger partial charge in [0.05, 0.1) is 177 Å². The molecule has 10 atom stereocenters. The molecule has 8 rings (SSSR count). The minimum atomic E-state index is -2.24. The van der Waals surface area contributed by atoms with Gasteiger partial charge in [-0.15, -0.1) is 0 Å². The zero-order valence-electron chi connectivity index (χ0n) is 55.1. The molecule has 0 bridgehead atoms. The number of anilines is 1. The highest BCUT2D eigenvalue weighted by Crippen LogP contribution is 2.73. The highest BCUT2D eigenvalue weighted by Gasteiger charge is 2.80. The maximum atomic E-state index is 17.8. The van der Waals surface area contributed by atoms with Gasteiger partial charge in [0, 0.05) is 59.7 Å². The first-order valence-electron chi connectivity index (χ1n) is 33.0. The van der Waals surface area contributed by atoms with Gasteiger partial charge in [0.2, 0.25) is 11.8 Å². The van der Waals surface area contributed by atoms with Gasteiger partial charge in [-0.2, -0.15) is 0 Å². The Bertz CT molecular complexity index is 2890. The summed E-state index contributed by atoms with van der Waals surface area (Å²) in [6.45, 7) is 16.5. The van der Waals surface area contributed by atoms with E-state index in [1.54, 1.807) is 80.6 Å². The molecule has 0 unspecified atom stereocenters. The Morgan fingerprint density at radius 3 is 1.55 bits per heavy atom. The van der Waals surface area contributed by atoms with Crippen molar-refractivity contribution in [2.24, 2.45) is 22.7 Å². The van der Waals surface area contributed by atoms with E-state index in [0.717, 1.165) is 4.90 Å². The van der Waals surface area contributed by atoms with Crippen LogP contribution in [-0.2, 0) is 90.3 Å². The number of carbonyl (C=O) groups excluding carboxylic acids is 5. The van der Waals surface area contributed by atoms with Gasteiger partial charge in [0.25, 0.3) is 11.8 Å². The van der Waals surface area contributed by atoms with Crippen LogP contribution < -0.4 is 15.4 Å². The maximum Gasteiger partial charge on any atom is 0.253 e. The highest BCUT2D eigenvalue weighted by molar-refractivity contribution is 6.13. The van der Waals surface area contributed by atoms with Crippen molar-refractivity contribution in [3.05, 3.63) is 102 Å². The molecule has 27 heteroatoms. The third-order valence-corrected chi connectivity index (χ3v) is 18.1. The summed E-state index contributed by atoms with van der Waals surface area (Å²) >= 11 is 0. The summed E-state index contributed by atoms with van der Waals surface area (Å²) in [5, 5.41) is 27.7. The minimum Gasteiger partial charge on any atom is -0.457 e. The van der Waals surface area contributed by atoms with E-state index in [0.29, 0.717) is 187 Å². The first-order valence-corrected chi connectivity index (χ1v) is 33.0. The molecular formula is C69H95F2N3O22. The SMILES string of the molecule is C=C1C=C[C@@]2(C)C(=C1)[C@@H](F)C[C@H]1[C@@H]3C[C@H]4O[C@@H](c5ccc(Oc6ccc(NC(=O)CCOCCOCCOCCOCCOCCOCCOCCOCCOCCOCCOCCOCCNC(=O)CCN7C(=O)C=CC7=O)cc6)cc5)O[C@@]4(C(=O)CO)[C@@]3(C)C[C@H](O)[C@@]12F. The highest BCUT2D eigenvalue weighted by atomic mass is 19.1. The summed E-state index contributed by atoms with van der Waals surface area (Å²) in [6.07, 6.45) is 2.25. The summed E-state index contributed by atoms with van der Waals surface area (Å²) in [5.74, 6) is -2.52. The molecule has 1 saturated heterocycles. The van der Waals surface area contributed by atoms with E-state index in [1.807, 2.05) is 0 Å².